The van der Waals surface area contributed by atoms with E-state index in [1.54, 1.807) is 6.92 Å². The second-order valence-electron chi connectivity index (χ2n) is 14.2. The van der Waals surface area contributed by atoms with E-state index in [0.29, 0.717) is 5.78 Å². The second kappa shape index (κ2) is 38.7. The monoisotopic (exact) mass is 591 g/mol. The molecule has 0 aliphatic heterocycles. The zero-order chi connectivity index (χ0) is 30.4. The number of unbranched alkanes of at least 4 members (excludes halogenated alkanes) is 36. The summed E-state index contributed by atoms with van der Waals surface area (Å²) in [6.07, 6.45) is 54.4. The van der Waals surface area contributed by atoms with Crippen LogP contribution in [0.3, 0.4) is 0 Å². The first-order valence-electron chi connectivity index (χ1n) is 20.3. The molecule has 0 fully saturated rings. The van der Waals surface area contributed by atoms with E-state index < -0.39 is 0 Å². The molecule has 0 aliphatic rings. The minimum absolute atomic E-state index is 0.353. The van der Waals surface area contributed by atoms with Crippen molar-refractivity contribution in [1.82, 2.24) is 0 Å². The number of carbonyl (C=O) groups excluding carboxylic acids is 1. The van der Waals surface area contributed by atoms with E-state index >= 15 is 0 Å². The Morgan fingerprint density at radius 3 is 0.548 bits per heavy atom. The van der Waals surface area contributed by atoms with Crippen LogP contribution in [-0.2, 0) is 4.79 Å². The van der Waals surface area contributed by atoms with Crippen molar-refractivity contribution in [2.24, 2.45) is 0 Å². The zero-order valence-electron chi connectivity index (χ0n) is 29.8. The molecule has 0 radical (unpaired) electrons. The van der Waals surface area contributed by atoms with Crippen LogP contribution in [0.2, 0.25) is 0 Å². The van der Waals surface area contributed by atoms with Crippen LogP contribution in [-0.4, -0.2) is 5.78 Å². The highest BCUT2D eigenvalue weighted by Gasteiger charge is 1.98. The zero-order valence-corrected chi connectivity index (χ0v) is 29.8. The summed E-state index contributed by atoms with van der Waals surface area (Å²) in [7, 11) is 0. The van der Waals surface area contributed by atoms with Crippen molar-refractivity contribution in [1.29, 1.82) is 0 Å². The maximum absolute atomic E-state index is 10.9. The van der Waals surface area contributed by atoms with Gasteiger partial charge in [-0.05, 0) is 13.3 Å². The first kappa shape index (κ1) is 41.7. The number of ketones is 1. The lowest BCUT2D eigenvalue weighted by Crippen LogP contribution is -1.89. The fourth-order valence-electron chi connectivity index (χ4n) is 6.63. The standard InChI is InChI=1S/C41H82O/c1-3-4-5-6-7-8-9-10-11-12-13-14-15-16-17-18-19-20-21-22-23-24-25-26-27-28-29-30-31-32-33-34-35-36-37-38-39-40-41(2)42/h3-40H2,1-2H3. The molecule has 0 aromatic heterocycles. The van der Waals surface area contributed by atoms with Gasteiger partial charge in [0.15, 0.2) is 0 Å². The van der Waals surface area contributed by atoms with Crippen molar-refractivity contribution in [3.8, 4) is 0 Å². The summed E-state index contributed by atoms with van der Waals surface area (Å²) in [5, 5.41) is 0. The van der Waals surface area contributed by atoms with Crippen molar-refractivity contribution in [2.45, 2.75) is 258 Å². The van der Waals surface area contributed by atoms with Crippen LogP contribution in [0.4, 0.5) is 0 Å². The number of hydrogen-bond donors (Lipinski definition) is 0. The maximum atomic E-state index is 10.9. The van der Waals surface area contributed by atoms with Gasteiger partial charge in [-0.25, -0.2) is 0 Å². The lowest BCUT2D eigenvalue weighted by Gasteiger charge is -2.05. The van der Waals surface area contributed by atoms with Crippen molar-refractivity contribution in [3.63, 3.8) is 0 Å². The Morgan fingerprint density at radius 1 is 0.262 bits per heavy atom. The third-order valence-electron chi connectivity index (χ3n) is 9.63. The maximum Gasteiger partial charge on any atom is 0.129 e. The molecule has 0 rings (SSSR count). The summed E-state index contributed by atoms with van der Waals surface area (Å²) in [5.41, 5.74) is 0. The highest BCUT2D eigenvalue weighted by Crippen LogP contribution is 2.17. The molecule has 0 N–H and O–H groups in total. The summed E-state index contributed by atoms with van der Waals surface area (Å²) < 4.78 is 0. The van der Waals surface area contributed by atoms with Crippen molar-refractivity contribution >= 4 is 5.78 Å². The molecule has 0 spiro atoms. The summed E-state index contributed by atoms with van der Waals surface area (Å²) >= 11 is 0. The van der Waals surface area contributed by atoms with E-state index in [-0.39, 0.29) is 0 Å². The molecule has 0 aromatic rings. The van der Waals surface area contributed by atoms with E-state index in [0.717, 1.165) is 12.8 Å². The highest BCUT2D eigenvalue weighted by molar-refractivity contribution is 5.75. The van der Waals surface area contributed by atoms with Gasteiger partial charge in [-0.15, -0.1) is 0 Å². The third kappa shape index (κ3) is 39.7. The van der Waals surface area contributed by atoms with Gasteiger partial charge in [0.05, 0.1) is 0 Å². The summed E-state index contributed by atoms with van der Waals surface area (Å²) in [6, 6.07) is 0. The predicted octanol–water partition coefficient (Wildman–Crippen LogP) is 15.4. The predicted molar refractivity (Wildman–Crippen MR) is 192 cm³/mol. The average Bonchev–Trinajstić information content (AvgIpc) is 2.98. The van der Waals surface area contributed by atoms with Gasteiger partial charge in [0.1, 0.15) is 5.78 Å². The van der Waals surface area contributed by atoms with E-state index in [2.05, 4.69) is 6.92 Å². The SMILES string of the molecule is CCCCCCCCCCCCCCCCCCCCCCCCCCCCCCCCCCCCCCCC(C)=O. The Labute approximate surface area is 267 Å². The van der Waals surface area contributed by atoms with Crippen LogP contribution in [0.25, 0.3) is 0 Å². The Kier molecular flexibility index (Phi) is 38.4. The molecule has 0 unspecified atom stereocenters. The van der Waals surface area contributed by atoms with Crippen LogP contribution >= 0.6 is 0 Å². The molecule has 0 aliphatic carbocycles. The number of hydrogen-bond acceptors (Lipinski definition) is 1. The molecule has 0 atom stereocenters. The normalized spacial score (nSPS) is 11.5. The average molecular weight is 591 g/mol. The minimum atomic E-state index is 0.353. The molecular formula is C41H82O. The smallest absolute Gasteiger partial charge is 0.129 e. The van der Waals surface area contributed by atoms with Crippen molar-refractivity contribution < 1.29 is 4.79 Å². The Hall–Kier alpha value is -0.330. The lowest BCUT2D eigenvalue weighted by molar-refractivity contribution is -0.117. The molecule has 42 heavy (non-hydrogen) atoms. The Balaban J connectivity index is 3.03. The topological polar surface area (TPSA) is 17.1 Å². The van der Waals surface area contributed by atoms with E-state index in [9.17, 15) is 4.79 Å². The van der Waals surface area contributed by atoms with Crippen LogP contribution in [0.1, 0.15) is 258 Å². The second-order valence-corrected chi connectivity index (χ2v) is 14.2. The fourth-order valence-corrected chi connectivity index (χ4v) is 6.63. The molecule has 0 amide bonds. The molecule has 0 saturated carbocycles. The van der Waals surface area contributed by atoms with Gasteiger partial charge in [0, 0.05) is 6.42 Å². The molecule has 1 heteroatoms. The van der Waals surface area contributed by atoms with Gasteiger partial charge in [0.2, 0.25) is 0 Å². The fraction of sp³-hybridized carbons (Fsp3) is 0.976. The van der Waals surface area contributed by atoms with Crippen LogP contribution in [0.5, 0.6) is 0 Å². The van der Waals surface area contributed by atoms with Crippen LogP contribution < -0.4 is 0 Å². The Morgan fingerprint density at radius 2 is 0.405 bits per heavy atom. The molecule has 1 nitrogen and oxygen atoms in total. The number of rotatable bonds is 38. The van der Waals surface area contributed by atoms with Gasteiger partial charge in [-0.3, -0.25) is 0 Å². The van der Waals surface area contributed by atoms with Gasteiger partial charge in [-0.2, -0.15) is 0 Å². The molecular weight excluding hydrogens is 508 g/mol. The first-order chi connectivity index (χ1) is 20.8. The van der Waals surface area contributed by atoms with Gasteiger partial charge in [0.25, 0.3) is 0 Å². The number of Topliss-reactive ketones (excluding diaryl/α,β-unsaturated/α-hetero) is 1. The van der Waals surface area contributed by atoms with Gasteiger partial charge >= 0.3 is 0 Å². The van der Waals surface area contributed by atoms with Crippen molar-refractivity contribution in [2.75, 3.05) is 0 Å². The molecule has 0 saturated heterocycles. The van der Waals surface area contributed by atoms with Crippen LogP contribution in [0, 0.1) is 0 Å². The van der Waals surface area contributed by atoms with Crippen molar-refractivity contribution in [3.05, 3.63) is 0 Å². The molecule has 0 bridgehead atoms. The largest absolute Gasteiger partial charge is 0.300 e. The summed E-state index contributed by atoms with van der Waals surface area (Å²) in [4.78, 5) is 10.9. The molecule has 0 heterocycles. The Bertz CT molecular complexity index is 483. The summed E-state index contributed by atoms with van der Waals surface area (Å²) in [6.45, 7) is 4.02. The lowest BCUT2D eigenvalue weighted by atomic mass is 10.0. The van der Waals surface area contributed by atoms with Gasteiger partial charge < -0.3 is 4.79 Å². The summed E-state index contributed by atoms with van der Waals surface area (Å²) in [5.74, 6) is 0.353. The third-order valence-corrected chi connectivity index (χ3v) is 9.63. The van der Waals surface area contributed by atoms with E-state index in [1.807, 2.05) is 0 Å². The molecule has 252 valence electrons. The molecule has 0 aromatic carbocycles. The quantitative estimate of drug-likeness (QED) is 0.0654. The van der Waals surface area contributed by atoms with E-state index in [4.69, 9.17) is 0 Å². The number of carbonyl (C=O) groups is 1. The highest BCUT2D eigenvalue weighted by atomic mass is 16.1. The van der Waals surface area contributed by atoms with Gasteiger partial charge in [-0.1, -0.05) is 238 Å². The minimum Gasteiger partial charge on any atom is -0.300 e. The van der Waals surface area contributed by atoms with Crippen LogP contribution in [0.15, 0.2) is 0 Å². The first-order valence-corrected chi connectivity index (χ1v) is 20.3. The van der Waals surface area contributed by atoms with E-state index in [1.165, 1.54) is 231 Å².